The molecule has 2 aromatic rings. The Kier molecular flexibility index (Phi) is 5.05. The van der Waals surface area contributed by atoms with Crippen molar-refractivity contribution in [3.8, 4) is 0 Å². The van der Waals surface area contributed by atoms with Crippen molar-refractivity contribution < 1.29 is 4.79 Å². The number of nitrogens with one attached hydrogen (secondary N) is 2. The van der Waals surface area contributed by atoms with Gasteiger partial charge in [-0.1, -0.05) is 0 Å². The van der Waals surface area contributed by atoms with Gasteiger partial charge in [-0.05, 0) is 39.2 Å². The molecule has 2 aliphatic rings. The molecule has 0 unspecified atom stereocenters. The van der Waals surface area contributed by atoms with E-state index in [1.807, 2.05) is 13.8 Å². The number of aromatic nitrogens is 4. The maximum absolute atomic E-state index is 12.3. The summed E-state index contributed by atoms with van der Waals surface area (Å²) in [6.45, 7) is 6.55. The zero-order valence-corrected chi connectivity index (χ0v) is 17.1. The van der Waals surface area contributed by atoms with Gasteiger partial charge in [0.2, 0.25) is 5.82 Å². The average molecular weight is 384 g/mol. The number of amides is 1. The summed E-state index contributed by atoms with van der Waals surface area (Å²) in [6, 6.07) is 2.57. The molecule has 2 N–H and O–H groups in total. The molecule has 2 fully saturated rings. The van der Waals surface area contributed by atoms with Gasteiger partial charge < -0.3 is 15.1 Å². The minimum Gasteiger partial charge on any atom is -0.355 e. The quantitative estimate of drug-likeness (QED) is 0.790. The first-order valence-electron chi connectivity index (χ1n) is 10.0. The first-order valence-corrected chi connectivity index (χ1v) is 10.0. The van der Waals surface area contributed by atoms with E-state index in [9.17, 15) is 4.79 Å². The van der Waals surface area contributed by atoms with Crippen LogP contribution in [0.3, 0.4) is 0 Å². The molecule has 8 nitrogen and oxygen atoms in total. The van der Waals surface area contributed by atoms with E-state index >= 15 is 0 Å². The lowest BCUT2D eigenvalue weighted by atomic mass is 10.2. The maximum atomic E-state index is 12.3. The molecule has 1 aliphatic carbocycles. The van der Waals surface area contributed by atoms with Crippen molar-refractivity contribution in [1.82, 2.24) is 30.4 Å². The number of hydrogen-bond donors (Lipinski definition) is 2. The molecule has 2 aromatic heterocycles. The van der Waals surface area contributed by atoms with Gasteiger partial charge in [-0.2, -0.15) is 5.10 Å². The van der Waals surface area contributed by atoms with Crippen LogP contribution in [-0.2, 0) is 6.54 Å². The van der Waals surface area contributed by atoms with E-state index in [1.54, 1.807) is 14.1 Å². The number of carbonyl (C=O) groups is 1. The summed E-state index contributed by atoms with van der Waals surface area (Å²) >= 11 is 0. The average Bonchev–Trinajstić information content (AvgIpc) is 3.23. The zero-order chi connectivity index (χ0) is 19.8. The Hall–Kier alpha value is -2.48. The van der Waals surface area contributed by atoms with Crippen LogP contribution in [-0.4, -0.2) is 64.2 Å². The minimum absolute atomic E-state index is 0.163. The number of aromatic amines is 1. The van der Waals surface area contributed by atoms with E-state index in [2.05, 4.69) is 36.4 Å². The van der Waals surface area contributed by atoms with Gasteiger partial charge in [0.1, 0.15) is 5.82 Å². The van der Waals surface area contributed by atoms with Gasteiger partial charge in [0.05, 0.1) is 5.69 Å². The molecule has 0 aromatic carbocycles. The Morgan fingerprint density at radius 3 is 2.79 bits per heavy atom. The standard InChI is InChI=1S/C20H29N7O/c1-12-13(2)22-18(20(28)26(3)4)23-19(12)27-8-7-15(11-27)21-10-16-9-17(25-24-16)14-5-6-14/h9,14-15,21H,5-8,10-11H2,1-4H3,(H,24,25)/t15-/m1/s1. The topological polar surface area (TPSA) is 90.0 Å². The van der Waals surface area contributed by atoms with E-state index in [1.165, 1.54) is 23.4 Å². The number of H-pyrrole nitrogens is 1. The van der Waals surface area contributed by atoms with Crippen molar-refractivity contribution in [2.45, 2.75) is 51.6 Å². The highest BCUT2D eigenvalue weighted by Crippen LogP contribution is 2.39. The molecule has 1 atom stereocenters. The van der Waals surface area contributed by atoms with Crippen molar-refractivity contribution in [2.24, 2.45) is 0 Å². The molecule has 28 heavy (non-hydrogen) atoms. The Labute approximate surface area is 165 Å². The number of aryl methyl sites for hydroxylation is 1. The van der Waals surface area contributed by atoms with Crippen LogP contribution in [0, 0.1) is 13.8 Å². The van der Waals surface area contributed by atoms with Crippen LogP contribution >= 0.6 is 0 Å². The van der Waals surface area contributed by atoms with Gasteiger partial charge in [0, 0.05) is 62.6 Å². The lowest BCUT2D eigenvalue weighted by Gasteiger charge is -2.22. The first kappa shape index (κ1) is 18.9. The lowest BCUT2D eigenvalue weighted by Crippen LogP contribution is -2.33. The van der Waals surface area contributed by atoms with Crippen molar-refractivity contribution in [3.05, 3.63) is 34.5 Å². The molecule has 4 rings (SSSR count). The third-order valence-electron chi connectivity index (χ3n) is 5.68. The van der Waals surface area contributed by atoms with Crippen LogP contribution in [0.15, 0.2) is 6.07 Å². The van der Waals surface area contributed by atoms with Gasteiger partial charge in [-0.25, -0.2) is 9.97 Å². The van der Waals surface area contributed by atoms with Crippen LogP contribution in [0.2, 0.25) is 0 Å². The second kappa shape index (κ2) is 7.50. The van der Waals surface area contributed by atoms with Gasteiger partial charge in [-0.3, -0.25) is 9.89 Å². The van der Waals surface area contributed by atoms with Crippen LogP contribution in [0.5, 0.6) is 0 Å². The lowest BCUT2D eigenvalue weighted by molar-refractivity contribution is 0.0815. The molecular formula is C20H29N7O. The van der Waals surface area contributed by atoms with Crippen molar-refractivity contribution >= 4 is 11.7 Å². The normalized spacial score (nSPS) is 19.3. The molecule has 1 saturated heterocycles. The molecule has 3 heterocycles. The van der Waals surface area contributed by atoms with Gasteiger partial charge in [0.25, 0.3) is 5.91 Å². The van der Waals surface area contributed by atoms with Crippen LogP contribution < -0.4 is 10.2 Å². The highest BCUT2D eigenvalue weighted by Gasteiger charge is 2.28. The van der Waals surface area contributed by atoms with Crippen LogP contribution in [0.1, 0.15) is 58.4 Å². The number of hydrogen-bond acceptors (Lipinski definition) is 6. The molecule has 1 aliphatic heterocycles. The predicted molar refractivity (Wildman–Crippen MR) is 108 cm³/mol. The molecule has 0 bridgehead atoms. The van der Waals surface area contributed by atoms with Gasteiger partial charge >= 0.3 is 0 Å². The van der Waals surface area contributed by atoms with Crippen molar-refractivity contribution in [2.75, 3.05) is 32.1 Å². The maximum Gasteiger partial charge on any atom is 0.291 e. The predicted octanol–water partition coefficient (Wildman–Crippen LogP) is 1.76. The fourth-order valence-electron chi connectivity index (χ4n) is 3.65. The molecule has 0 spiro atoms. The summed E-state index contributed by atoms with van der Waals surface area (Å²) < 4.78 is 0. The van der Waals surface area contributed by atoms with Crippen LogP contribution in [0.4, 0.5) is 5.82 Å². The number of carbonyl (C=O) groups excluding carboxylic acids is 1. The molecule has 150 valence electrons. The van der Waals surface area contributed by atoms with E-state index in [0.717, 1.165) is 48.8 Å². The fourth-order valence-corrected chi connectivity index (χ4v) is 3.65. The summed E-state index contributed by atoms with van der Waals surface area (Å²) in [6.07, 6.45) is 3.58. The van der Waals surface area contributed by atoms with Gasteiger partial charge in [0.15, 0.2) is 0 Å². The van der Waals surface area contributed by atoms with E-state index in [-0.39, 0.29) is 11.7 Å². The molecular weight excluding hydrogens is 354 g/mol. The molecule has 8 heteroatoms. The third kappa shape index (κ3) is 3.87. The Morgan fingerprint density at radius 1 is 1.29 bits per heavy atom. The summed E-state index contributed by atoms with van der Waals surface area (Å²) in [4.78, 5) is 25.1. The Balaban J connectivity index is 1.40. The largest absolute Gasteiger partial charge is 0.355 e. The molecule has 1 saturated carbocycles. The van der Waals surface area contributed by atoms with Gasteiger partial charge in [-0.15, -0.1) is 0 Å². The first-order chi connectivity index (χ1) is 13.4. The summed E-state index contributed by atoms with van der Waals surface area (Å²) in [5, 5.41) is 11.2. The van der Waals surface area contributed by atoms with E-state index in [4.69, 9.17) is 0 Å². The summed E-state index contributed by atoms with van der Waals surface area (Å²) in [5.74, 6) is 1.66. The van der Waals surface area contributed by atoms with Crippen LogP contribution in [0.25, 0.3) is 0 Å². The number of anilines is 1. The third-order valence-corrected chi connectivity index (χ3v) is 5.68. The SMILES string of the molecule is Cc1nc(C(=O)N(C)C)nc(N2CC[C@@H](NCc3cc(C4CC4)n[nH]3)C2)c1C. The monoisotopic (exact) mass is 383 g/mol. The fraction of sp³-hybridized carbons (Fsp3) is 0.600. The number of rotatable bonds is 6. The highest BCUT2D eigenvalue weighted by atomic mass is 16.2. The van der Waals surface area contributed by atoms with E-state index < -0.39 is 0 Å². The Morgan fingerprint density at radius 2 is 2.07 bits per heavy atom. The Bertz CT molecular complexity index is 871. The zero-order valence-electron chi connectivity index (χ0n) is 17.1. The molecule has 1 amide bonds. The number of nitrogens with zero attached hydrogens (tertiary/aromatic N) is 5. The summed E-state index contributed by atoms with van der Waals surface area (Å²) in [5.41, 5.74) is 4.25. The smallest absolute Gasteiger partial charge is 0.291 e. The highest BCUT2D eigenvalue weighted by molar-refractivity contribution is 5.90. The van der Waals surface area contributed by atoms with E-state index in [0.29, 0.717) is 12.0 Å². The van der Waals surface area contributed by atoms with Crippen molar-refractivity contribution in [1.29, 1.82) is 0 Å². The van der Waals surface area contributed by atoms with Crippen molar-refractivity contribution in [3.63, 3.8) is 0 Å². The second-order valence-electron chi connectivity index (χ2n) is 8.19. The second-order valence-corrected chi connectivity index (χ2v) is 8.19. The molecule has 0 radical (unpaired) electrons. The minimum atomic E-state index is -0.163. The summed E-state index contributed by atoms with van der Waals surface area (Å²) in [7, 11) is 3.45.